The zero-order chi connectivity index (χ0) is 17.1. The summed E-state index contributed by atoms with van der Waals surface area (Å²) in [5, 5.41) is 7.54. The van der Waals surface area contributed by atoms with Crippen LogP contribution in [-0.4, -0.2) is 34.1 Å². The van der Waals surface area contributed by atoms with Gasteiger partial charge in [0.2, 0.25) is 17.7 Å². The molecule has 2 aromatic rings. The van der Waals surface area contributed by atoms with Crippen LogP contribution < -0.4 is 0 Å². The van der Waals surface area contributed by atoms with Crippen molar-refractivity contribution >= 4 is 5.91 Å². The maximum atomic E-state index is 13.2. The van der Waals surface area contributed by atoms with Crippen molar-refractivity contribution in [2.75, 3.05) is 13.1 Å². The Bertz CT molecular complexity index is 704. The largest absolute Gasteiger partial charge is 0.425 e. The number of hydrogen-bond acceptors (Lipinski definition) is 4. The van der Waals surface area contributed by atoms with Gasteiger partial charge >= 0.3 is 0 Å². The van der Waals surface area contributed by atoms with Gasteiger partial charge in [-0.1, -0.05) is 0 Å². The van der Waals surface area contributed by atoms with E-state index in [9.17, 15) is 13.6 Å². The number of carbonyl (C=O) groups is 1. The molecule has 1 aromatic carbocycles. The Balaban J connectivity index is 1.51. The summed E-state index contributed by atoms with van der Waals surface area (Å²) >= 11 is 0. The fourth-order valence-electron chi connectivity index (χ4n) is 3.10. The predicted octanol–water partition coefficient (Wildman–Crippen LogP) is 2.68. The van der Waals surface area contributed by atoms with E-state index in [2.05, 4.69) is 10.2 Å². The van der Waals surface area contributed by atoms with Gasteiger partial charge < -0.3 is 9.32 Å². The Morgan fingerprint density at radius 2 is 1.88 bits per heavy atom. The summed E-state index contributed by atoms with van der Waals surface area (Å²) < 4.78 is 31.7. The molecule has 1 aromatic heterocycles. The molecule has 0 spiro atoms. The number of nitrogens with zero attached hydrogens (tertiary/aromatic N) is 3. The van der Waals surface area contributed by atoms with Crippen LogP contribution in [0.4, 0.5) is 8.78 Å². The zero-order valence-electron chi connectivity index (χ0n) is 13.5. The van der Waals surface area contributed by atoms with E-state index < -0.39 is 11.6 Å². The molecule has 1 aliphatic rings. The Hall–Kier alpha value is -2.31. The molecule has 24 heavy (non-hydrogen) atoms. The first-order valence-corrected chi connectivity index (χ1v) is 8.01. The van der Waals surface area contributed by atoms with E-state index in [0.717, 1.165) is 18.9 Å². The average molecular weight is 335 g/mol. The lowest BCUT2D eigenvalue weighted by atomic mass is 9.90. The fraction of sp³-hybridized carbons (Fsp3) is 0.471. The molecule has 0 unspecified atom stereocenters. The van der Waals surface area contributed by atoms with E-state index in [1.807, 2.05) is 0 Å². The smallest absolute Gasteiger partial charge is 0.231 e. The fourth-order valence-corrected chi connectivity index (χ4v) is 3.10. The molecule has 0 radical (unpaired) electrons. The van der Waals surface area contributed by atoms with Crippen molar-refractivity contribution in [3.63, 3.8) is 0 Å². The highest BCUT2D eigenvalue weighted by Gasteiger charge is 2.24. The highest BCUT2D eigenvalue weighted by molar-refractivity contribution is 5.77. The molecular formula is C17H19F2N3O2. The number of aromatic nitrogens is 2. The van der Waals surface area contributed by atoms with Crippen LogP contribution in [-0.2, 0) is 17.6 Å². The molecule has 0 saturated carbocycles. The number of rotatable bonds is 4. The van der Waals surface area contributed by atoms with Crippen LogP contribution in [0.15, 0.2) is 22.6 Å². The second kappa shape index (κ2) is 7.07. The third kappa shape index (κ3) is 4.15. The summed E-state index contributed by atoms with van der Waals surface area (Å²) in [6, 6.07) is 3.63. The van der Waals surface area contributed by atoms with Crippen LogP contribution in [0, 0.1) is 24.5 Å². The van der Waals surface area contributed by atoms with Gasteiger partial charge in [-0.15, -0.1) is 10.2 Å². The summed E-state index contributed by atoms with van der Waals surface area (Å²) in [5.41, 5.74) is 0.665. The molecule has 0 aliphatic carbocycles. The lowest BCUT2D eigenvalue weighted by molar-refractivity contribution is -0.132. The van der Waals surface area contributed by atoms with Crippen LogP contribution in [0.2, 0.25) is 0 Å². The number of hydrogen-bond donors (Lipinski definition) is 0. The van der Waals surface area contributed by atoms with Crippen molar-refractivity contribution in [2.24, 2.45) is 5.92 Å². The number of likely N-dealkylation sites (tertiary alicyclic amines) is 1. The Labute approximate surface area is 138 Å². The van der Waals surface area contributed by atoms with E-state index in [0.29, 0.717) is 42.8 Å². The van der Waals surface area contributed by atoms with E-state index in [1.165, 1.54) is 12.1 Å². The van der Waals surface area contributed by atoms with Gasteiger partial charge in [0.1, 0.15) is 18.1 Å². The van der Waals surface area contributed by atoms with Gasteiger partial charge in [0.15, 0.2) is 0 Å². The van der Waals surface area contributed by atoms with Crippen molar-refractivity contribution in [3.8, 4) is 0 Å². The highest BCUT2D eigenvalue weighted by atomic mass is 19.1. The van der Waals surface area contributed by atoms with Crippen molar-refractivity contribution in [3.05, 3.63) is 47.2 Å². The quantitative estimate of drug-likeness (QED) is 0.862. The number of piperidine rings is 1. The molecule has 3 rings (SSSR count). The minimum atomic E-state index is -0.549. The third-order valence-electron chi connectivity index (χ3n) is 4.28. The van der Waals surface area contributed by atoms with E-state index in [-0.39, 0.29) is 12.3 Å². The first-order valence-electron chi connectivity index (χ1n) is 8.01. The molecule has 1 amide bonds. The monoisotopic (exact) mass is 335 g/mol. The van der Waals surface area contributed by atoms with Gasteiger partial charge in [0.25, 0.3) is 0 Å². The summed E-state index contributed by atoms with van der Waals surface area (Å²) in [4.78, 5) is 14.0. The van der Waals surface area contributed by atoms with Crippen LogP contribution in [0.3, 0.4) is 0 Å². The van der Waals surface area contributed by atoms with Crippen molar-refractivity contribution in [1.82, 2.24) is 15.1 Å². The van der Waals surface area contributed by atoms with Gasteiger partial charge in [-0.05, 0) is 42.9 Å². The number of benzene rings is 1. The number of amides is 1. The van der Waals surface area contributed by atoms with Crippen molar-refractivity contribution in [2.45, 2.75) is 32.6 Å². The van der Waals surface area contributed by atoms with Gasteiger partial charge in [0.05, 0.1) is 0 Å². The first-order chi connectivity index (χ1) is 11.5. The second-order valence-corrected chi connectivity index (χ2v) is 6.20. The summed E-state index contributed by atoms with van der Waals surface area (Å²) in [6.45, 7) is 2.95. The van der Waals surface area contributed by atoms with Gasteiger partial charge in [-0.2, -0.15) is 0 Å². The Morgan fingerprint density at radius 3 is 2.46 bits per heavy atom. The van der Waals surface area contributed by atoms with Crippen molar-refractivity contribution in [1.29, 1.82) is 0 Å². The molecule has 0 bridgehead atoms. The zero-order valence-corrected chi connectivity index (χ0v) is 13.5. The topological polar surface area (TPSA) is 59.2 Å². The number of halogens is 2. The first kappa shape index (κ1) is 16.5. The standard InChI is InChI=1S/C17H19F2N3O2/c1-11-20-21-16(24-11)10-17(23)22-4-2-12(3-5-22)6-13-7-14(18)9-15(19)8-13/h7-9,12H,2-6,10H2,1H3. The van der Waals surface area contributed by atoms with E-state index >= 15 is 0 Å². The molecule has 1 saturated heterocycles. The van der Waals surface area contributed by atoms with Crippen LogP contribution >= 0.6 is 0 Å². The predicted molar refractivity (Wildman–Crippen MR) is 82.1 cm³/mol. The minimum absolute atomic E-state index is 0.0334. The molecule has 7 heteroatoms. The molecule has 1 fully saturated rings. The van der Waals surface area contributed by atoms with Gasteiger partial charge in [-0.25, -0.2) is 8.78 Å². The maximum Gasteiger partial charge on any atom is 0.231 e. The molecule has 0 atom stereocenters. The average Bonchev–Trinajstić information content (AvgIpc) is 2.92. The molecule has 5 nitrogen and oxygen atoms in total. The Kier molecular flexibility index (Phi) is 4.87. The van der Waals surface area contributed by atoms with Crippen LogP contribution in [0.1, 0.15) is 30.2 Å². The Morgan fingerprint density at radius 1 is 1.21 bits per heavy atom. The summed E-state index contributed by atoms with van der Waals surface area (Å²) in [5.74, 6) is -0.0385. The number of carbonyl (C=O) groups excluding carboxylic acids is 1. The molecule has 2 heterocycles. The highest BCUT2D eigenvalue weighted by Crippen LogP contribution is 2.23. The third-order valence-corrected chi connectivity index (χ3v) is 4.28. The van der Waals surface area contributed by atoms with Gasteiger partial charge in [0, 0.05) is 26.1 Å². The normalized spacial score (nSPS) is 15.7. The second-order valence-electron chi connectivity index (χ2n) is 6.20. The van der Waals surface area contributed by atoms with Gasteiger partial charge in [-0.3, -0.25) is 4.79 Å². The van der Waals surface area contributed by atoms with Crippen LogP contribution in [0.5, 0.6) is 0 Å². The van der Waals surface area contributed by atoms with E-state index in [4.69, 9.17) is 4.42 Å². The van der Waals surface area contributed by atoms with Crippen LogP contribution in [0.25, 0.3) is 0 Å². The van der Waals surface area contributed by atoms with E-state index in [1.54, 1.807) is 11.8 Å². The lowest BCUT2D eigenvalue weighted by Gasteiger charge is -2.32. The van der Waals surface area contributed by atoms with Crippen molar-refractivity contribution < 1.29 is 18.0 Å². The minimum Gasteiger partial charge on any atom is -0.425 e. The molecular weight excluding hydrogens is 316 g/mol. The maximum absolute atomic E-state index is 13.2. The molecule has 0 N–H and O–H groups in total. The number of aryl methyl sites for hydroxylation is 1. The summed E-state index contributed by atoms with van der Waals surface area (Å²) in [6.07, 6.45) is 2.36. The summed E-state index contributed by atoms with van der Waals surface area (Å²) in [7, 11) is 0. The molecule has 1 aliphatic heterocycles. The molecule has 128 valence electrons. The lowest BCUT2D eigenvalue weighted by Crippen LogP contribution is -2.39. The SMILES string of the molecule is Cc1nnc(CC(=O)N2CCC(Cc3cc(F)cc(F)c3)CC2)o1.